The Labute approximate surface area is 165 Å². The van der Waals surface area contributed by atoms with Crippen molar-refractivity contribution in [1.29, 1.82) is 0 Å². The third kappa shape index (κ3) is 3.78. The maximum Gasteiger partial charge on any atom is 0.251 e. The van der Waals surface area contributed by atoms with Crippen LogP contribution in [0.5, 0.6) is 0 Å². The van der Waals surface area contributed by atoms with Crippen molar-refractivity contribution in [3.8, 4) is 11.1 Å². The van der Waals surface area contributed by atoms with Gasteiger partial charge < -0.3 is 10.6 Å². The van der Waals surface area contributed by atoms with Gasteiger partial charge in [-0.15, -0.1) is 0 Å². The van der Waals surface area contributed by atoms with Gasteiger partial charge in [0.1, 0.15) is 0 Å². The summed E-state index contributed by atoms with van der Waals surface area (Å²) in [7, 11) is 0. The Hall–Kier alpha value is -2.92. The number of fused-ring (bicyclic) bond motifs is 3. The molecule has 4 nitrogen and oxygen atoms in total. The molecule has 0 aromatic heterocycles. The van der Waals surface area contributed by atoms with Gasteiger partial charge >= 0.3 is 0 Å². The van der Waals surface area contributed by atoms with Crippen LogP contribution in [0.1, 0.15) is 21.5 Å². The second-order valence-electron chi connectivity index (χ2n) is 6.45. The molecule has 0 saturated carbocycles. The van der Waals surface area contributed by atoms with E-state index in [4.69, 9.17) is 0 Å². The van der Waals surface area contributed by atoms with Crippen molar-refractivity contribution < 1.29 is 9.59 Å². The van der Waals surface area contributed by atoms with Crippen LogP contribution in [0.25, 0.3) is 11.1 Å². The lowest BCUT2D eigenvalue weighted by atomic mass is 10.1. The lowest BCUT2D eigenvalue weighted by Crippen LogP contribution is -2.32. The number of amides is 2. The monoisotopic (exact) mass is 420 g/mol. The van der Waals surface area contributed by atoms with Crippen molar-refractivity contribution in [3.63, 3.8) is 0 Å². The molecular weight excluding hydrogens is 404 g/mol. The summed E-state index contributed by atoms with van der Waals surface area (Å²) in [5.41, 5.74) is 6.22. The fourth-order valence-corrected chi connectivity index (χ4v) is 3.72. The summed E-state index contributed by atoms with van der Waals surface area (Å²) in [6, 6.07) is 21.3. The van der Waals surface area contributed by atoms with Crippen molar-refractivity contribution >= 4 is 33.4 Å². The fraction of sp³-hybridized carbons (Fsp3) is 0.0909. The fourth-order valence-electron chi connectivity index (χ4n) is 3.32. The van der Waals surface area contributed by atoms with Crippen LogP contribution in [-0.4, -0.2) is 18.4 Å². The van der Waals surface area contributed by atoms with Gasteiger partial charge in [0.25, 0.3) is 5.91 Å². The molecule has 0 fully saturated rings. The van der Waals surface area contributed by atoms with Gasteiger partial charge in [0.15, 0.2) is 0 Å². The molecule has 1 aliphatic rings. The molecule has 2 amide bonds. The van der Waals surface area contributed by atoms with Crippen molar-refractivity contribution in [2.75, 3.05) is 11.9 Å². The second-order valence-corrected chi connectivity index (χ2v) is 7.36. The van der Waals surface area contributed by atoms with Crippen molar-refractivity contribution in [3.05, 3.63) is 87.9 Å². The Morgan fingerprint density at radius 3 is 2.56 bits per heavy atom. The average molecular weight is 421 g/mol. The van der Waals surface area contributed by atoms with Gasteiger partial charge in [0, 0.05) is 15.7 Å². The Kier molecular flexibility index (Phi) is 4.77. The van der Waals surface area contributed by atoms with Crippen molar-refractivity contribution in [1.82, 2.24) is 5.32 Å². The van der Waals surface area contributed by atoms with Crippen molar-refractivity contribution in [2.24, 2.45) is 0 Å². The highest BCUT2D eigenvalue weighted by molar-refractivity contribution is 9.10. The molecule has 0 unspecified atom stereocenters. The molecule has 4 rings (SSSR count). The summed E-state index contributed by atoms with van der Waals surface area (Å²) in [4.78, 5) is 24.3. The third-order valence-electron chi connectivity index (χ3n) is 4.57. The lowest BCUT2D eigenvalue weighted by Gasteiger charge is -2.09. The Morgan fingerprint density at radius 2 is 1.70 bits per heavy atom. The van der Waals surface area contributed by atoms with E-state index in [1.54, 1.807) is 18.2 Å². The van der Waals surface area contributed by atoms with E-state index < -0.39 is 0 Å². The van der Waals surface area contributed by atoms with Gasteiger partial charge in [-0.1, -0.05) is 52.3 Å². The Balaban J connectivity index is 1.38. The van der Waals surface area contributed by atoms with E-state index in [0.29, 0.717) is 5.56 Å². The Bertz CT molecular complexity index is 1050. The van der Waals surface area contributed by atoms with Gasteiger partial charge in [0.05, 0.1) is 6.54 Å². The first kappa shape index (κ1) is 17.5. The molecule has 0 saturated heterocycles. The van der Waals surface area contributed by atoms with E-state index in [9.17, 15) is 9.59 Å². The minimum absolute atomic E-state index is 0.0807. The second kappa shape index (κ2) is 7.37. The zero-order valence-corrected chi connectivity index (χ0v) is 16.0. The number of carbonyl (C=O) groups excluding carboxylic acids is 2. The lowest BCUT2D eigenvalue weighted by molar-refractivity contribution is -0.115. The quantitative estimate of drug-likeness (QED) is 0.514. The Morgan fingerprint density at radius 1 is 0.889 bits per heavy atom. The third-order valence-corrected chi connectivity index (χ3v) is 5.07. The highest BCUT2D eigenvalue weighted by Gasteiger charge is 2.18. The minimum Gasteiger partial charge on any atom is -0.343 e. The summed E-state index contributed by atoms with van der Waals surface area (Å²) in [5, 5.41) is 5.49. The molecule has 3 aromatic carbocycles. The maximum absolute atomic E-state index is 12.2. The van der Waals surface area contributed by atoms with Gasteiger partial charge in [-0.05, 0) is 59.0 Å². The SMILES string of the molecule is O=C(CNC(=O)c1cccc(Br)c1)Nc1ccc2c(c1)Cc1ccccc1-2. The van der Waals surface area contributed by atoms with Crippen LogP contribution in [0.4, 0.5) is 5.69 Å². The van der Waals surface area contributed by atoms with Gasteiger partial charge in [-0.3, -0.25) is 9.59 Å². The molecule has 1 aliphatic carbocycles. The highest BCUT2D eigenvalue weighted by Crippen LogP contribution is 2.37. The topological polar surface area (TPSA) is 58.2 Å². The molecular formula is C22H17BrN2O2. The van der Waals surface area contributed by atoms with Gasteiger partial charge in [0.2, 0.25) is 5.91 Å². The number of benzene rings is 3. The van der Waals surface area contributed by atoms with Crippen LogP contribution >= 0.6 is 15.9 Å². The van der Waals surface area contributed by atoms with E-state index in [1.807, 2.05) is 36.4 Å². The van der Waals surface area contributed by atoms with Crippen LogP contribution in [0.15, 0.2) is 71.2 Å². The molecule has 0 bridgehead atoms. The summed E-state index contributed by atoms with van der Waals surface area (Å²) in [6.07, 6.45) is 0.870. The molecule has 27 heavy (non-hydrogen) atoms. The number of anilines is 1. The van der Waals surface area contributed by atoms with Crippen molar-refractivity contribution in [2.45, 2.75) is 6.42 Å². The summed E-state index contributed by atoms with van der Waals surface area (Å²) < 4.78 is 0.818. The summed E-state index contributed by atoms with van der Waals surface area (Å²) in [5.74, 6) is -0.537. The molecule has 5 heteroatoms. The zero-order valence-electron chi connectivity index (χ0n) is 14.5. The summed E-state index contributed by atoms with van der Waals surface area (Å²) in [6.45, 7) is -0.0807. The first-order chi connectivity index (χ1) is 13.1. The van der Waals surface area contributed by atoms with Crippen LogP contribution in [0.3, 0.4) is 0 Å². The molecule has 0 aliphatic heterocycles. The van der Waals surface area contributed by atoms with E-state index in [0.717, 1.165) is 16.6 Å². The smallest absolute Gasteiger partial charge is 0.251 e. The molecule has 0 atom stereocenters. The number of nitrogens with one attached hydrogen (secondary N) is 2. The number of rotatable bonds is 4. The van der Waals surface area contributed by atoms with Crippen LogP contribution < -0.4 is 10.6 Å². The van der Waals surface area contributed by atoms with Crippen LogP contribution in [0.2, 0.25) is 0 Å². The van der Waals surface area contributed by atoms with E-state index >= 15 is 0 Å². The summed E-state index contributed by atoms with van der Waals surface area (Å²) >= 11 is 3.33. The predicted octanol–water partition coefficient (Wildman–Crippen LogP) is 4.39. The highest BCUT2D eigenvalue weighted by atomic mass is 79.9. The average Bonchev–Trinajstić information content (AvgIpc) is 3.04. The zero-order chi connectivity index (χ0) is 18.8. The first-order valence-corrected chi connectivity index (χ1v) is 9.44. The van der Waals surface area contributed by atoms with Crippen LogP contribution in [-0.2, 0) is 11.2 Å². The number of hydrogen-bond donors (Lipinski definition) is 2. The number of halogens is 1. The van der Waals surface area contributed by atoms with Gasteiger partial charge in [-0.25, -0.2) is 0 Å². The number of carbonyl (C=O) groups is 2. The molecule has 0 heterocycles. The molecule has 2 N–H and O–H groups in total. The minimum atomic E-state index is -0.282. The molecule has 0 radical (unpaired) electrons. The van der Waals surface area contributed by atoms with E-state index in [2.05, 4.69) is 38.7 Å². The van der Waals surface area contributed by atoms with Crippen LogP contribution in [0, 0.1) is 0 Å². The molecule has 0 spiro atoms. The number of hydrogen-bond acceptors (Lipinski definition) is 2. The standard InChI is InChI=1S/C22H17BrN2O2/c23-17-6-3-5-15(11-17)22(27)24-13-21(26)25-18-8-9-20-16(12-18)10-14-4-1-2-7-19(14)20/h1-9,11-12H,10,13H2,(H,24,27)(H,25,26). The molecule has 3 aromatic rings. The predicted molar refractivity (Wildman–Crippen MR) is 110 cm³/mol. The maximum atomic E-state index is 12.2. The normalized spacial score (nSPS) is 11.4. The van der Waals surface area contributed by atoms with E-state index in [1.165, 1.54) is 22.3 Å². The largest absolute Gasteiger partial charge is 0.343 e. The van der Waals surface area contributed by atoms with Gasteiger partial charge in [-0.2, -0.15) is 0 Å². The first-order valence-electron chi connectivity index (χ1n) is 8.65. The molecule has 134 valence electrons. The van der Waals surface area contributed by atoms with E-state index in [-0.39, 0.29) is 18.4 Å².